The molecule has 3 N–H and O–H groups in total. The number of likely N-dealkylation sites (tertiary alicyclic amines) is 1. The highest BCUT2D eigenvalue weighted by Gasteiger charge is 2.37. The van der Waals surface area contributed by atoms with Crippen molar-refractivity contribution in [3.63, 3.8) is 0 Å². The first-order valence-electron chi connectivity index (χ1n) is 10.9. The van der Waals surface area contributed by atoms with E-state index in [1.165, 1.54) is 13.0 Å². The van der Waals surface area contributed by atoms with E-state index in [0.29, 0.717) is 13.1 Å². The van der Waals surface area contributed by atoms with Crippen molar-refractivity contribution in [2.75, 3.05) is 19.6 Å². The van der Waals surface area contributed by atoms with Crippen molar-refractivity contribution in [2.45, 2.75) is 63.1 Å². The summed E-state index contributed by atoms with van der Waals surface area (Å²) in [5.41, 5.74) is -1.15. The molecule has 1 unspecified atom stereocenters. The zero-order valence-corrected chi connectivity index (χ0v) is 18.2. The van der Waals surface area contributed by atoms with Crippen molar-refractivity contribution in [1.82, 2.24) is 15.5 Å². The molecule has 1 saturated heterocycles. The summed E-state index contributed by atoms with van der Waals surface area (Å²) in [6.45, 7) is 1.80. The number of hydrogen-bond donors (Lipinski definition) is 3. The average Bonchev–Trinajstić information content (AvgIpc) is 3.11. The first kappa shape index (κ1) is 25.0. The van der Waals surface area contributed by atoms with Gasteiger partial charge in [0.15, 0.2) is 0 Å². The number of aliphatic hydroxyl groups is 1. The highest BCUT2D eigenvalue weighted by molar-refractivity contribution is 5.96. The predicted molar refractivity (Wildman–Crippen MR) is 111 cm³/mol. The molecular weight excluding hydrogens is 443 g/mol. The largest absolute Gasteiger partial charge is 0.463 e. The number of aliphatic hydroxyl groups excluding tert-OH is 1. The van der Waals surface area contributed by atoms with E-state index in [4.69, 9.17) is 4.74 Å². The van der Waals surface area contributed by atoms with Gasteiger partial charge in [0.25, 0.3) is 5.91 Å². The highest BCUT2D eigenvalue weighted by atomic mass is 19.4. The Morgan fingerprint density at radius 1 is 1.15 bits per heavy atom. The molecule has 2 aliphatic rings. The molecule has 2 amide bonds. The molecule has 182 valence electrons. The molecule has 3 rings (SSSR count). The number of β-amino-alcohol motifs (C(OH)–C–C–N with tert-alkyl or cyclic N) is 1. The Balaban J connectivity index is 1.44. The zero-order valence-electron chi connectivity index (χ0n) is 18.2. The molecule has 1 saturated carbocycles. The van der Waals surface area contributed by atoms with E-state index in [-0.39, 0.29) is 23.7 Å². The quantitative estimate of drug-likeness (QED) is 0.543. The van der Waals surface area contributed by atoms with Gasteiger partial charge in [-0.3, -0.25) is 19.3 Å². The lowest BCUT2D eigenvalue weighted by Crippen LogP contribution is -2.47. The summed E-state index contributed by atoms with van der Waals surface area (Å²) in [6, 6.07) is 3.64. The number of alkyl halides is 3. The Labute approximate surface area is 189 Å². The minimum atomic E-state index is -4.57. The predicted octanol–water partition coefficient (Wildman–Crippen LogP) is 1.47. The molecule has 0 radical (unpaired) electrons. The molecule has 0 bridgehead atoms. The van der Waals surface area contributed by atoms with E-state index in [9.17, 15) is 32.7 Å². The Bertz CT molecular complexity index is 871. The van der Waals surface area contributed by atoms with Gasteiger partial charge >= 0.3 is 12.1 Å². The van der Waals surface area contributed by atoms with Crippen molar-refractivity contribution < 1.29 is 37.4 Å². The minimum absolute atomic E-state index is 0.0813. The molecule has 33 heavy (non-hydrogen) atoms. The van der Waals surface area contributed by atoms with Crippen LogP contribution in [-0.2, 0) is 20.5 Å². The fourth-order valence-corrected chi connectivity index (χ4v) is 4.38. The summed E-state index contributed by atoms with van der Waals surface area (Å²) in [5, 5.41) is 15.3. The maximum atomic E-state index is 12.8. The summed E-state index contributed by atoms with van der Waals surface area (Å²) in [6.07, 6.45) is -2.30. The van der Waals surface area contributed by atoms with Gasteiger partial charge in [-0.2, -0.15) is 13.2 Å². The number of hydrogen-bond acceptors (Lipinski definition) is 6. The van der Waals surface area contributed by atoms with E-state index >= 15 is 0 Å². The van der Waals surface area contributed by atoms with Crippen molar-refractivity contribution >= 4 is 17.8 Å². The lowest BCUT2D eigenvalue weighted by atomic mass is 9.92. The van der Waals surface area contributed by atoms with Gasteiger partial charge in [0.1, 0.15) is 6.10 Å². The molecule has 1 aromatic carbocycles. The van der Waals surface area contributed by atoms with Crippen LogP contribution in [-0.4, -0.2) is 71.7 Å². The topological polar surface area (TPSA) is 108 Å². The third-order valence-corrected chi connectivity index (χ3v) is 6.02. The van der Waals surface area contributed by atoms with Crippen LogP contribution in [0.4, 0.5) is 13.2 Å². The van der Waals surface area contributed by atoms with E-state index in [1.807, 2.05) is 0 Å². The standard InChI is InChI=1S/C22H28F3N3O5/c1-13(29)33-17-7-5-16(6-8-17)28-11-18(19(30)12-28)27-20(31)10-26-21(32)14-3-2-4-15(9-14)22(23,24)25/h2-4,9,16-19,30H,5-8,10-12H2,1H3,(H,26,32)(H,27,31)/t16?,17?,18?,19-/m0/s1. The lowest BCUT2D eigenvalue weighted by Gasteiger charge is -2.34. The second-order valence-corrected chi connectivity index (χ2v) is 8.50. The van der Waals surface area contributed by atoms with Gasteiger partial charge in [0.2, 0.25) is 5.91 Å². The fraction of sp³-hybridized carbons (Fsp3) is 0.591. The molecule has 2 fully saturated rings. The third-order valence-electron chi connectivity index (χ3n) is 6.02. The molecule has 1 aromatic rings. The van der Waals surface area contributed by atoms with Gasteiger partial charge in [-0.25, -0.2) is 0 Å². The van der Waals surface area contributed by atoms with Crippen LogP contribution in [0.1, 0.15) is 48.5 Å². The maximum absolute atomic E-state index is 12.8. The number of nitrogens with one attached hydrogen (secondary N) is 2. The van der Waals surface area contributed by atoms with Crippen LogP contribution < -0.4 is 10.6 Å². The Hall–Kier alpha value is -2.66. The van der Waals surface area contributed by atoms with Crippen LogP contribution in [0.15, 0.2) is 24.3 Å². The number of benzene rings is 1. The fourth-order valence-electron chi connectivity index (χ4n) is 4.38. The van der Waals surface area contributed by atoms with Crippen molar-refractivity contribution in [2.24, 2.45) is 0 Å². The third kappa shape index (κ3) is 6.91. The maximum Gasteiger partial charge on any atom is 0.416 e. The number of ether oxygens (including phenoxy) is 1. The van der Waals surface area contributed by atoms with E-state index in [0.717, 1.165) is 43.9 Å². The van der Waals surface area contributed by atoms with Gasteiger partial charge in [-0.05, 0) is 43.9 Å². The van der Waals surface area contributed by atoms with E-state index in [1.54, 1.807) is 0 Å². The Morgan fingerprint density at radius 2 is 1.85 bits per heavy atom. The summed E-state index contributed by atoms with van der Waals surface area (Å²) in [5.74, 6) is -1.63. The first-order chi connectivity index (χ1) is 15.5. The van der Waals surface area contributed by atoms with Gasteiger partial charge in [0, 0.05) is 31.6 Å². The summed E-state index contributed by atoms with van der Waals surface area (Å²) in [7, 11) is 0. The Kier molecular flexibility index (Phi) is 7.96. The number of halogens is 3. The van der Waals surface area contributed by atoms with Crippen LogP contribution in [0.2, 0.25) is 0 Å². The number of rotatable bonds is 6. The summed E-state index contributed by atoms with van der Waals surface area (Å²) in [4.78, 5) is 37.6. The second kappa shape index (κ2) is 10.5. The first-order valence-corrected chi connectivity index (χ1v) is 10.9. The second-order valence-electron chi connectivity index (χ2n) is 8.50. The van der Waals surface area contributed by atoms with Crippen LogP contribution in [0.3, 0.4) is 0 Å². The van der Waals surface area contributed by atoms with Gasteiger partial charge in [-0.1, -0.05) is 6.07 Å². The molecule has 8 nitrogen and oxygen atoms in total. The molecule has 0 spiro atoms. The van der Waals surface area contributed by atoms with Crippen molar-refractivity contribution in [3.05, 3.63) is 35.4 Å². The van der Waals surface area contributed by atoms with Gasteiger partial charge < -0.3 is 20.5 Å². The number of esters is 1. The molecular formula is C22H28F3N3O5. The lowest BCUT2D eigenvalue weighted by molar-refractivity contribution is -0.148. The monoisotopic (exact) mass is 471 g/mol. The molecule has 11 heteroatoms. The molecule has 2 atom stereocenters. The minimum Gasteiger partial charge on any atom is -0.463 e. The average molecular weight is 471 g/mol. The molecule has 0 aromatic heterocycles. The summed E-state index contributed by atoms with van der Waals surface area (Å²) < 4.78 is 43.6. The van der Waals surface area contributed by atoms with Crippen molar-refractivity contribution in [1.29, 1.82) is 0 Å². The van der Waals surface area contributed by atoms with Crippen LogP contribution in [0.25, 0.3) is 0 Å². The van der Waals surface area contributed by atoms with E-state index in [2.05, 4.69) is 15.5 Å². The van der Waals surface area contributed by atoms with Crippen molar-refractivity contribution in [3.8, 4) is 0 Å². The van der Waals surface area contributed by atoms with Crippen LogP contribution in [0.5, 0.6) is 0 Å². The normalized spacial score (nSPS) is 26.0. The molecule has 1 aliphatic heterocycles. The number of amides is 2. The Morgan fingerprint density at radius 3 is 2.48 bits per heavy atom. The molecule has 1 heterocycles. The highest BCUT2D eigenvalue weighted by Crippen LogP contribution is 2.30. The smallest absolute Gasteiger partial charge is 0.416 e. The zero-order chi connectivity index (χ0) is 24.2. The SMILES string of the molecule is CC(=O)OC1CCC(N2CC(NC(=O)CNC(=O)c3cccc(C(F)(F)F)c3)[C@@H](O)C2)CC1. The van der Waals surface area contributed by atoms with Crippen LogP contribution >= 0.6 is 0 Å². The number of carbonyl (C=O) groups excluding carboxylic acids is 3. The summed E-state index contributed by atoms with van der Waals surface area (Å²) >= 11 is 0. The van der Waals surface area contributed by atoms with E-state index < -0.39 is 42.2 Å². The van der Waals surface area contributed by atoms with Gasteiger partial charge in [0.05, 0.1) is 24.3 Å². The van der Waals surface area contributed by atoms with Crippen LogP contribution in [0, 0.1) is 0 Å². The number of carbonyl (C=O) groups is 3. The van der Waals surface area contributed by atoms with Gasteiger partial charge in [-0.15, -0.1) is 0 Å². The number of nitrogens with zero attached hydrogens (tertiary/aromatic N) is 1. The molecule has 1 aliphatic carbocycles.